The van der Waals surface area contributed by atoms with Crippen LogP contribution in [0, 0.1) is 5.92 Å². The van der Waals surface area contributed by atoms with E-state index in [1.165, 1.54) is 0 Å². The number of carbonyl (C=O) groups is 1. The minimum Gasteiger partial charge on any atom is -0.392 e. The summed E-state index contributed by atoms with van der Waals surface area (Å²) in [5.41, 5.74) is 5.64. The van der Waals surface area contributed by atoms with E-state index in [1.807, 2.05) is 20.8 Å². The highest BCUT2D eigenvalue weighted by Crippen LogP contribution is 2.37. The van der Waals surface area contributed by atoms with Crippen molar-refractivity contribution in [1.29, 1.82) is 0 Å². The van der Waals surface area contributed by atoms with Crippen molar-refractivity contribution in [3.63, 3.8) is 0 Å². The summed E-state index contributed by atoms with van der Waals surface area (Å²) in [6.45, 7) is 6.01. The van der Waals surface area contributed by atoms with Crippen molar-refractivity contribution in [2.75, 3.05) is 5.75 Å². The Bertz CT molecular complexity index is 286. The molecule has 16 heavy (non-hydrogen) atoms. The van der Waals surface area contributed by atoms with Gasteiger partial charge in [0.05, 0.1) is 15.8 Å². The molecule has 2 atom stereocenters. The summed E-state index contributed by atoms with van der Waals surface area (Å²) in [6.07, 6.45) is 2.04. The van der Waals surface area contributed by atoms with Gasteiger partial charge in [-0.25, -0.2) is 0 Å². The molecule has 0 spiro atoms. The summed E-state index contributed by atoms with van der Waals surface area (Å²) in [7, 11) is 0. The van der Waals surface area contributed by atoms with Crippen LogP contribution in [0.15, 0.2) is 0 Å². The van der Waals surface area contributed by atoms with Gasteiger partial charge in [0.1, 0.15) is 0 Å². The lowest BCUT2D eigenvalue weighted by Crippen LogP contribution is -2.52. The lowest BCUT2D eigenvalue weighted by molar-refractivity contribution is -0.123. The molecular formula is C11H20N2OS2. The smallest absolute Gasteiger partial charge is 0.236 e. The zero-order valence-corrected chi connectivity index (χ0v) is 11.7. The van der Waals surface area contributed by atoms with Crippen molar-refractivity contribution >= 4 is 34.9 Å². The lowest BCUT2D eigenvalue weighted by Gasteiger charge is -2.27. The van der Waals surface area contributed by atoms with E-state index < -0.39 is 0 Å². The van der Waals surface area contributed by atoms with Crippen molar-refractivity contribution in [1.82, 2.24) is 5.32 Å². The van der Waals surface area contributed by atoms with Gasteiger partial charge in [0.25, 0.3) is 0 Å². The number of hydrogen-bond donors (Lipinski definition) is 2. The monoisotopic (exact) mass is 260 g/mol. The van der Waals surface area contributed by atoms with Crippen LogP contribution in [0.1, 0.15) is 33.6 Å². The molecule has 1 aliphatic heterocycles. The minimum absolute atomic E-state index is 0.0708. The number of thioether (sulfide) groups is 1. The molecule has 5 heteroatoms. The number of hydrogen-bond acceptors (Lipinski definition) is 3. The van der Waals surface area contributed by atoms with E-state index in [-0.39, 0.29) is 22.6 Å². The molecular weight excluding hydrogens is 240 g/mol. The molecule has 1 aliphatic rings. The second-order valence-corrected chi connectivity index (χ2v) is 6.85. The molecule has 0 aromatic heterocycles. The first kappa shape index (κ1) is 13.8. The number of carbonyl (C=O) groups excluding carboxylic acids is 1. The SMILES string of the molecule is CC(C)C(NC(=O)C1(C)CCCS1)C(N)=S. The Morgan fingerprint density at radius 2 is 2.19 bits per heavy atom. The largest absolute Gasteiger partial charge is 0.392 e. The van der Waals surface area contributed by atoms with E-state index in [1.54, 1.807) is 11.8 Å². The second-order valence-electron chi connectivity index (χ2n) is 4.78. The normalized spacial score (nSPS) is 26.8. The summed E-state index contributed by atoms with van der Waals surface area (Å²) >= 11 is 6.70. The zero-order chi connectivity index (χ0) is 12.3. The van der Waals surface area contributed by atoms with E-state index in [0.717, 1.165) is 18.6 Å². The summed E-state index contributed by atoms with van der Waals surface area (Å²) in [4.78, 5) is 12.5. The van der Waals surface area contributed by atoms with E-state index >= 15 is 0 Å². The van der Waals surface area contributed by atoms with Crippen LogP contribution in [0.3, 0.4) is 0 Å². The zero-order valence-electron chi connectivity index (χ0n) is 10.1. The molecule has 0 aliphatic carbocycles. The first-order valence-electron chi connectivity index (χ1n) is 5.61. The molecule has 1 rings (SSSR count). The van der Waals surface area contributed by atoms with Crippen LogP contribution in [-0.4, -0.2) is 27.4 Å². The molecule has 3 nitrogen and oxygen atoms in total. The van der Waals surface area contributed by atoms with Gasteiger partial charge in [-0.1, -0.05) is 26.1 Å². The van der Waals surface area contributed by atoms with Crippen LogP contribution >= 0.6 is 24.0 Å². The maximum absolute atomic E-state index is 12.1. The Labute approximate surface area is 107 Å². The van der Waals surface area contributed by atoms with Gasteiger partial charge in [0.15, 0.2) is 0 Å². The molecule has 0 aromatic rings. The fraction of sp³-hybridized carbons (Fsp3) is 0.818. The molecule has 1 saturated heterocycles. The molecule has 3 N–H and O–H groups in total. The molecule has 2 unspecified atom stereocenters. The maximum atomic E-state index is 12.1. The van der Waals surface area contributed by atoms with Crippen molar-refractivity contribution in [2.45, 2.75) is 44.4 Å². The molecule has 0 radical (unpaired) electrons. The summed E-state index contributed by atoms with van der Waals surface area (Å²) < 4.78 is -0.294. The van der Waals surface area contributed by atoms with Crippen molar-refractivity contribution < 1.29 is 4.79 Å². The summed E-state index contributed by atoms with van der Waals surface area (Å²) in [5, 5.41) is 2.97. The van der Waals surface area contributed by atoms with Crippen LogP contribution in [0.5, 0.6) is 0 Å². The standard InChI is InChI=1S/C11H20N2OS2/c1-7(2)8(9(12)15)13-10(14)11(3)5-4-6-16-11/h7-8H,4-6H2,1-3H3,(H2,12,15)(H,13,14). The van der Waals surface area contributed by atoms with Crippen molar-refractivity contribution in [3.8, 4) is 0 Å². The fourth-order valence-corrected chi connectivity index (χ4v) is 3.37. The Kier molecular flexibility index (Phi) is 4.62. The highest BCUT2D eigenvalue weighted by molar-refractivity contribution is 8.01. The van der Waals surface area contributed by atoms with E-state index in [9.17, 15) is 4.79 Å². The van der Waals surface area contributed by atoms with Crippen LogP contribution in [0.2, 0.25) is 0 Å². The molecule has 92 valence electrons. The third-order valence-electron chi connectivity index (χ3n) is 2.96. The third kappa shape index (κ3) is 3.10. The second kappa shape index (κ2) is 5.36. The van der Waals surface area contributed by atoms with Gasteiger partial charge < -0.3 is 11.1 Å². The van der Waals surface area contributed by atoms with Gasteiger partial charge in [0, 0.05) is 0 Å². The van der Waals surface area contributed by atoms with Crippen molar-refractivity contribution in [2.24, 2.45) is 11.7 Å². The van der Waals surface area contributed by atoms with Gasteiger partial charge >= 0.3 is 0 Å². The third-order valence-corrected chi connectivity index (χ3v) is 4.73. The first-order valence-corrected chi connectivity index (χ1v) is 7.00. The highest BCUT2D eigenvalue weighted by atomic mass is 32.2. The Morgan fingerprint density at radius 3 is 2.56 bits per heavy atom. The van der Waals surface area contributed by atoms with Gasteiger partial charge in [-0.2, -0.15) is 0 Å². The quantitative estimate of drug-likeness (QED) is 0.756. The molecule has 1 amide bonds. The van der Waals surface area contributed by atoms with Crippen LogP contribution in [0.25, 0.3) is 0 Å². The van der Waals surface area contributed by atoms with Crippen molar-refractivity contribution in [3.05, 3.63) is 0 Å². The molecule has 1 heterocycles. The summed E-state index contributed by atoms with van der Waals surface area (Å²) in [5.74, 6) is 1.36. The van der Waals surface area contributed by atoms with Gasteiger partial charge in [-0.05, 0) is 31.4 Å². The van der Waals surface area contributed by atoms with Gasteiger partial charge in [-0.3, -0.25) is 4.79 Å². The Morgan fingerprint density at radius 1 is 1.56 bits per heavy atom. The Hall–Kier alpha value is -0.290. The molecule has 0 saturated carbocycles. The number of rotatable bonds is 4. The van der Waals surface area contributed by atoms with E-state index in [4.69, 9.17) is 18.0 Å². The predicted molar refractivity (Wildman–Crippen MR) is 73.7 cm³/mol. The Balaban J connectivity index is 2.65. The fourth-order valence-electron chi connectivity index (χ4n) is 1.82. The number of thiocarbonyl (C=S) groups is 1. The number of nitrogens with two attached hydrogens (primary N) is 1. The van der Waals surface area contributed by atoms with E-state index in [0.29, 0.717) is 4.99 Å². The topological polar surface area (TPSA) is 55.1 Å². The van der Waals surface area contributed by atoms with Crippen LogP contribution in [0.4, 0.5) is 0 Å². The van der Waals surface area contributed by atoms with Gasteiger partial charge in [-0.15, -0.1) is 11.8 Å². The van der Waals surface area contributed by atoms with Crippen LogP contribution in [-0.2, 0) is 4.79 Å². The van der Waals surface area contributed by atoms with Crippen LogP contribution < -0.4 is 11.1 Å². The summed E-state index contributed by atoms with van der Waals surface area (Å²) in [6, 6.07) is -0.194. The van der Waals surface area contributed by atoms with E-state index in [2.05, 4.69) is 5.32 Å². The number of amides is 1. The molecule has 1 fully saturated rings. The highest BCUT2D eigenvalue weighted by Gasteiger charge is 2.38. The average Bonchev–Trinajstić information content (AvgIpc) is 2.61. The van der Waals surface area contributed by atoms with Gasteiger partial charge in [0.2, 0.25) is 5.91 Å². The first-order chi connectivity index (χ1) is 7.37. The minimum atomic E-state index is -0.294. The number of nitrogens with one attached hydrogen (secondary N) is 1. The average molecular weight is 260 g/mol. The molecule has 0 aromatic carbocycles. The predicted octanol–water partition coefficient (Wildman–Crippen LogP) is 1.70. The molecule has 0 bridgehead atoms. The maximum Gasteiger partial charge on any atom is 0.236 e. The lowest BCUT2D eigenvalue weighted by atomic mass is 10.0.